The van der Waals surface area contributed by atoms with E-state index in [-0.39, 0.29) is 112 Å². The lowest BCUT2D eigenvalue weighted by molar-refractivity contribution is -0.148. The smallest absolute Gasteiger partial charge is 0.231 e. The molecule has 101 heavy (non-hydrogen) atoms. The van der Waals surface area contributed by atoms with E-state index in [1.807, 2.05) is 208 Å². The average Bonchev–Trinajstić information content (AvgIpc) is 0.813. The first-order valence-electron chi connectivity index (χ1n) is 34.7. The summed E-state index contributed by atoms with van der Waals surface area (Å²) in [6, 6.07) is 67.0. The number of aliphatic hydroxyl groups is 2. The summed E-state index contributed by atoms with van der Waals surface area (Å²) in [4.78, 5) is 87.1. The van der Waals surface area contributed by atoms with Gasteiger partial charge in [-0.1, -0.05) is 196 Å². The second-order valence-electron chi connectivity index (χ2n) is 27.5. The van der Waals surface area contributed by atoms with Gasteiger partial charge in [0.05, 0.1) is 47.9 Å². The molecule has 2 heterocycles. The van der Waals surface area contributed by atoms with Crippen LogP contribution in [0.3, 0.4) is 0 Å². The Balaban J connectivity index is 0.000000235. The molecule has 2 fully saturated rings. The zero-order chi connectivity index (χ0) is 72.5. The first-order valence-corrected chi connectivity index (χ1v) is 38.4. The normalized spacial score (nSPS) is 17.5. The third kappa shape index (κ3) is 20.7. The van der Waals surface area contributed by atoms with E-state index in [2.05, 4.69) is 0 Å². The van der Waals surface area contributed by atoms with E-state index in [0.717, 1.165) is 67.3 Å². The lowest BCUT2D eigenvalue weighted by Gasteiger charge is -2.41. The number of carbonyl (C=O) groups excluding carboxylic acids is 6. The highest BCUT2D eigenvalue weighted by atomic mass is 32.2. The van der Waals surface area contributed by atoms with Crippen molar-refractivity contribution >= 4 is 66.4 Å². The summed E-state index contributed by atoms with van der Waals surface area (Å²) >= 11 is 0. The van der Waals surface area contributed by atoms with E-state index in [1.54, 1.807) is 4.90 Å². The highest BCUT2D eigenvalue weighted by Gasteiger charge is 2.42. The number of Topliss-reactive ketones (excluding diaryl/α,β-unsaturated/α-hetero) is 4. The average molecular weight is 1400 g/mol. The molecule has 530 valence electrons. The summed E-state index contributed by atoms with van der Waals surface area (Å²) in [5.41, 5.74) is 7.09. The van der Waals surface area contributed by atoms with Crippen molar-refractivity contribution in [2.24, 2.45) is 23.7 Å². The van der Waals surface area contributed by atoms with Crippen molar-refractivity contribution in [3.05, 3.63) is 274 Å². The topological polar surface area (TPSA) is 224 Å². The van der Waals surface area contributed by atoms with Crippen molar-refractivity contribution in [3.63, 3.8) is 0 Å². The second-order valence-corrected chi connectivity index (χ2v) is 31.5. The SMILES string of the molecule is CC1CC[C@@H]([C@@H](O)[C@@H](CC(=O)c2cc(C(=O)C[C@H](C)c3ccccc3)cc(N(C)S(C)(=O)=O)c2)Cc2ccccc2)C(=O)N1Cc1ccccc1.C[C@@H](CC(=O)c1cc(C(=O)C[C@@H](Cc2ccccc2)[C@H](O)[C@@H]2CCCN(Cc3ccccc3)C2=O)cc(N(C)S(C)(=O)=O)c1)c1ccccc1. The van der Waals surface area contributed by atoms with Crippen LogP contribution >= 0.6 is 0 Å². The first-order chi connectivity index (χ1) is 48.2. The van der Waals surface area contributed by atoms with Crippen molar-refractivity contribution in [2.45, 2.75) is 128 Å². The van der Waals surface area contributed by atoms with Crippen LogP contribution in [0.15, 0.2) is 218 Å². The summed E-state index contributed by atoms with van der Waals surface area (Å²) in [5.74, 6) is -4.17. The molecule has 0 aliphatic carbocycles. The Hall–Kier alpha value is -9.20. The maximum atomic E-state index is 14.2. The lowest BCUT2D eigenvalue weighted by atomic mass is 9.78. The molecule has 2 N–H and O–H groups in total. The molecule has 0 spiro atoms. The summed E-state index contributed by atoms with van der Waals surface area (Å²) in [7, 11) is -4.64. The largest absolute Gasteiger partial charge is 0.392 e. The molecule has 0 aromatic heterocycles. The Morgan fingerprint density at radius 3 is 1.14 bits per heavy atom. The van der Waals surface area contributed by atoms with E-state index in [1.165, 1.54) is 50.5 Å². The van der Waals surface area contributed by atoms with Gasteiger partial charge in [-0.3, -0.25) is 37.4 Å². The van der Waals surface area contributed by atoms with Gasteiger partial charge < -0.3 is 20.0 Å². The molecule has 2 amide bonds. The van der Waals surface area contributed by atoms with E-state index in [4.69, 9.17) is 0 Å². The fourth-order valence-corrected chi connectivity index (χ4v) is 14.7. The monoisotopic (exact) mass is 1400 g/mol. The third-order valence-electron chi connectivity index (χ3n) is 19.9. The third-order valence-corrected chi connectivity index (χ3v) is 22.4. The number of hydrogen-bond acceptors (Lipinski definition) is 12. The first kappa shape index (κ1) is 76.0. The van der Waals surface area contributed by atoms with Gasteiger partial charge in [0.1, 0.15) is 0 Å². The zero-order valence-electron chi connectivity index (χ0n) is 58.8. The number of nitrogens with zero attached hydrogens (tertiary/aromatic N) is 4. The maximum Gasteiger partial charge on any atom is 0.231 e. The lowest BCUT2D eigenvalue weighted by Crippen LogP contribution is -2.51. The van der Waals surface area contributed by atoms with Gasteiger partial charge in [-0.25, -0.2) is 16.8 Å². The minimum atomic E-state index is -3.71. The Morgan fingerprint density at radius 1 is 0.446 bits per heavy atom. The summed E-state index contributed by atoms with van der Waals surface area (Å²) in [5, 5.41) is 23.9. The van der Waals surface area contributed by atoms with Crippen LogP contribution in [0.5, 0.6) is 0 Å². The second kappa shape index (κ2) is 34.9. The Morgan fingerprint density at radius 2 is 0.772 bits per heavy atom. The fourth-order valence-electron chi connectivity index (χ4n) is 13.7. The van der Waals surface area contributed by atoms with Crippen LogP contribution in [-0.4, -0.2) is 123 Å². The molecule has 8 aromatic rings. The number of rotatable bonds is 30. The van der Waals surface area contributed by atoms with Gasteiger partial charge in [-0.05, 0) is 139 Å². The van der Waals surface area contributed by atoms with Gasteiger partial charge in [0.15, 0.2) is 23.1 Å². The van der Waals surface area contributed by atoms with Crippen molar-refractivity contribution in [1.29, 1.82) is 0 Å². The van der Waals surface area contributed by atoms with Crippen LogP contribution in [-0.2, 0) is 55.6 Å². The molecule has 1 unspecified atom stereocenters. The Labute approximate surface area is 596 Å². The van der Waals surface area contributed by atoms with Crippen molar-refractivity contribution in [3.8, 4) is 0 Å². The number of sulfonamides is 2. The number of carbonyl (C=O) groups is 6. The standard InChI is InChI=1S/C42H48N2O6S.C41H46N2O6S/c1-29(33-18-12-7-13-19-33)22-39(45)34-24-35(26-37(25-34)43(3)51(4,49)50)40(46)27-36(23-31-14-8-5-9-15-31)41(47)38-21-20-30(2)44(42(38)48)28-32-16-10-6-11-17-32;1-29(32-18-11-6-12-19-32)22-38(44)33-24-34(26-36(25-33)42(2)50(3,48)49)39(45)27-35(23-30-14-7-4-8-15-30)40(46)37-20-13-21-43(41(37)47)28-31-16-9-5-10-17-31/h5-19,24-26,29-30,36,38,41,47H,20-23,27-28H2,1-4H3;4-12,14-19,24-26,29,35,37,40,46H,13,20-23,27-28H2,1-3H3/t29-,30?,36+,38-,41-;29-,35+,37-,40-/m00/s1. The van der Waals surface area contributed by atoms with Gasteiger partial charge in [0, 0.05) is 87.7 Å². The number of likely N-dealkylation sites (tertiary alicyclic amines) is 2. The molecule has 2 aliphatic heterocycles. The molecule has 8 aromatic carbocycles. The number of hydrogen-bond donors (Lipinski definition) is 2. The van der Waals surface area contributed by atoms with Gasteiger partial charge in [-0.15, -0.1) is 0 Å². The van der Waals surface area contributed by atoms with Crippen LogP contribution in [0.25, 0.3) is 0 Å². The molecule has 2 saturated heterocycles. The Kier molecular flexibility index (Phi) is 26.3. The number of ketones is 4. The van der Waals surface area contributed by atoms with Crippen molar-refractivity contribution < 1.29 is 55.8 Å². The van der Waals surface area contributed by atoms with Gasteiger partial charge in [0.2, 0.25) is 31.9 Å². The highest BCUT2D eigenvalue weighted by Crippen LogP contribution is 2.36. The zero-order valence-corrected chi connectivity index (χ0v) is 60.4. The van der Waals surface area contributed by atoms with Crippen molar-refractivity contribution in [1.82, 2.24) is 9.80 Å². The highest BCUT2D eigenvalue weighted by molar-refractivity contribution is 7.92. The van der Waals surface area contributed by atoms with E-state index >= 15 is 0 Å². The van der Waals surface area contributed by atoms with E-state index in [0.29, 0.717) is 45.3 Å². The van der Waals surface area contributed by atoms with Gasteiger partial charge in [0.25, 0.3) is 0 Å². The molecule has 9 atom stereocenters. The number of anilines is 2. The number of amides is 2. The number of piperidine rings is 2. The molecule has 10 rings (SSSR count). The molecular formula is C83H94N4O12S2. The van der Waals surface area contributed by atoms with Crippen molar-refractivity contribution in [2.75, 3.05) is 41.8 Å². The minimum absolute atomic E-state index is 0.00509. The summed E-state index contributed by atoms with van der Waals surface area (Å²) in [6.45, 7) is 7.41. The molecule has 16 nitrogen and oxygen atoms in total. The predicted molar refractivity (Wildman–Crippen MR) is 398 cm³/mol. The molecule has 18 heteroatoms. The van der Waals surface area contributed by atoms with Crippen LogP contribution in [0.2, 0.25) is 0 Å². The summed E-state index contributed by atoms with van der Waals surface area (Å²) < 4.78 is 52.4. The molecule has 0 radical (unpaired) electrons. The predicted octanol–water partition coefficient (Wildman–Crippen LogP) is 13.8. The molecule has 0 saturated carbocycles. The van der Waals surface area contributed by atoms with Crippen LogP contribution in [0.4, 0.5) is 11.4 Å². The maximum absolute atomic E-state index is 14.2. The minimum Gasteiger partial charge on any atom is -0.392 e. The van der Waals surface area contributed by atoms with Crippen LogP contribution in [0.1, 0.15) is 159 Å². The van der Waals surface area contributed by atoms with E-state index < -0.39 is 55.9 Å². The quantitative estimate of drug-likeness (QED) is 0.0401. The number of aliphatic hydroxyl groups excluding tert-OH is 2. The van der Waals surface area contributed by atoms with Crippen LogP contribution in [0, 0.1) is 23.7 Å². The fraction of sp³-hybridized carbons (Fsp3) is 0.349. The Bertz CT molecular complexity index is 4360. The van der Waals surface area contributed by atoms with Gasteiger partial charge in [-0.2, -0.15) is 0 Å². The van der Waals surface area contributed by atoms with Gasteiger partial charge >= 0.3 is 0 Å². The number of benzene rings is 8. The molecule has 2 aliphatic rings. The van der Waals surface area contributed by atoms with Crippen LogP contribution < -0.4 is 8.61 Å². The summed E-state index contributed by atoms with van der Waals surface area (Å²) in [6.07, 6.45) is 3.24. The molecule has 0 bridgehead atoms. The molecular weight excluding hydrogens is 1310 g/mol. The van der Waals surface area contributed by atoms with E-state index in [9.17, 15) is 55.8 Å².